The topological polar surface area (TPSA) is 56.7 Å². The molecule has 0 unspecified atom stereocenters. The fraction of sp³-hybridized carbons (Fsp3) is 0.667. The number of nitrogens with zero attached hydrogens (tertiary/aromatic N) is 3. The van der Waals surface area contributed by atoms with Crippen LogP contribution in [0.5, 0.6) is 5.88 Å². The lowest BCUT2D eigenvalue weighted by Crippen LogP contribution is -2.34. The van der Waals surface area contributed by atoms with Gasteiger partial charge >= 0.3 is 0 Å². The van der Waals surface area contributed by atoms with Crippen LogP contribution in [0.4, 0.5) is 5.95 Å². The molecular weight excluding hydrogens is 234 g/mol. The molecule has 1 aromatic heterocycles. The number of hydrogen-bond acceptors (Lipinski definition) is 6. The van der Waals surface area contributed by atoms with Crippen molar-refractivity contribution in [3.05, 3.63) is 12.3 Å². The van der Waals surface area contributed by atoms with E-state index >= 15 is 0 Å². The number of methoxy groups -OCH3 is 3. The van der Waals surface area contributed by atoms with E-state index in [2.05, 4.69) is 14.9 Å². The van der Waals surface area contributed by atoms with Gasteiger partial charge in [0, 0.05) is 33.0 Å². The molecule has 0 radical (unpaired) electrons. The summed E-state index contributed by atoms with van der Waals surface area (Å²) < 4.78 is 15.8. The van der Waals surface area contributed by atoms with E-state index in [1.54, 1.807) is 33.6 Å². The summed E-state index contributed by atoms with van der Waals surface area (Å²) in [4.78, 5) is 10.8. The highest BCUT2D eigenvalue weighted by Gasteiger charge is 2.33. The van der Waals surface area contributed by atoms with Crippen molar-refractivity contribution in [2.45, 2.75) is 18.6 Å². The lowest BCUT2D eigenvalue weighted by Gasteiger charge is -2.23. The standard InChI is InChI=1S/C12H19N3O3/c1-16-8-9-6-10(17-2)7-15(9)12-13-5-4-11(14-12)18-3/h4-5,9-10H,6-8H2,1-3H3/t9-,10-/m0/s1. The van der Waals surface area contributed by atoms with Crippen LogP contribution in [0.3, 0.4) is 0 Å². The van der Waals surface area contributed by atoms with Crippen molar-refractivity contribution in [1.82, 2.24) is 9.97 Å². The molecule has 6 heteroatoms. The molecule has 100 valence electrons. The van der Waals surface area contributed by atoms with Crippen LogP contribution in [-0.2, 0) is 9.47 Å². The summed E-state index contributed by atoms with van der Waals surface area (Å²) in [6.45, 7) is 1.41. The van der Waals surface area contributed by atoms with Gasteiger partial charge in [-0.1, -0.05) is 0 Å². The molecule has 0 aromatic carbocycles. The maximum Gasteiger partial charge on any atom is 0.229 e. The third kappa shape index (κ3) is 2.70. The lowest BCUT2D eigenvalue weighted by molar-refractivity contribution is 0.111. The minimum Gasteiger partial charge on any atom is -0.481 e. The van der Waals surface area contributed by atoms with Crippen molar-refractivity contribution >= 4 is 5.95 Å². The number of anilines is 1. The van der Waals surface area contributed by atoms with E-state index in [1.807, 2.05) is 0 Å². The van der Waals surface area contributed by atoms with Gasteiger partial charge in [-0.15, -0.1) is 0 Å². The van der Waals surface area contributed by atoms with Crippen LogP contribution in [0.1, 0.15) is 6.42 Å². The van der Waals surface area contributed by atoms with Crippen LogP contribution in [-0.4, -0.2) is 56.6 Å². The Morgan fingerprint density at radius 1 is 1.39 bits per heavy atom. The fourth-order valence-electron chi connectivity index (χ4n) is 2.22. The summed E-state index contributed by atoms with van der Waals surface area (Å²) in [5.41, 5.74) is 0. The largest absolute Gasteiger partial charge is 0.481 e. The van der Waals surface area contributed by atoms with Gasteiger partial charge in [0.2, 0.25) is 11.8 Å². The quantitative estimate of drug-likeness (QED) is 0.771. The van der Waals surface area contributed by atoms with Crippen LogP contribution in [0, 0.1) is 0 Å². The van der Waals surface area contributed by atoms with Gasteiger partial charge in [0.15, 0.2) is 0 Å². The second-order valence-corrected chi connectivity index (χ2v) is 4.25. The highest BCUT2D eigenvalue weighted by Crippen LogP contribution is 2.25. The van der Waals surface area contributed by atoms with Crippen molar-refractivity contribution < 1.29 is 14.2 Å². The van der Waals surface area contributed by atoms with Gasteiger partial charge in [0.1, 0.15) is 0 Å². The Kier molecular flexibility index (Phi) is 4.33. The van der Waals surface area contributed by atoms with E-state index in [-0.39, 0.29) is 12.1 Å². The summed E-state index contributed by atoms with van der Waals surface area (Å²) in [5, 5.41) is 0. The molecule has 1 saturated heterocycles. The van der Waals surface area contributed by atoms with Crippen LogP contribution in [0.2, 0.25) is 0 Å². The zero-order valence-corrected chi connectivity index (χ0v) is 11.0. The van der Waals surface area contributed by atoms with Crippen molar-refractivity contribution in [3.8, 4) is 5.88 Å². The van der Waals surface area contributed by atoms with E-state index in [4.69, 9.17) is 14.2 Å². The first kappa shape index (κ1) is 13.0. The van der Waals surface area contributed by atoms with Gasteiger partial charge < -0.3 is 19.1 Å². The maximum absolute atomic E-state index is 5.41. The number of ether oxygens (including phenoxy) is 3. The molecule has 0 saturated carbocycles. The summed E-state index contributed by atoms with van der Waals surface area (Å²) >= 11 is 0. The van der Waals surface area contributed by atoms with Gasteiger partial charge in [-0.3, -0.25) is 0 Å². The van der Waals surface area contributed by atoms with Crippen molar-refractivity contribution in [2.24, 2.45) is 0 Å². The predicted molar refractivity (Wildman–Crippen MR) is 67.0 cm³/mol. The minimum absolute atomic E-state index is 0.194. The van der Waals surface area contributed by atoms with Gasteiger partial charge in [0.25, 0.3) is 0 Å². The van der Waals surface area contributed by atoms with Crippen molar-refractivity contribution in [1.29, 1.82) is 0 Å². The molecule has 2 rings (SSSR count). The minimum atomic E-state index is 0.194. The second kappa shape index (κ2) is 5.97. The first-order valence-electron chi connectivity index (χ1n) is 5.94. The number of hydrogen-bond donors (Lipinski definition) is 0. The summed E-state index contributed by atoms with van der Waals surface area (Å²) in [5.74, 6) is 1.23. The summed E-state index contributed by atoms with van der Waals surface area (Å²) in [7, 11) is 5.02. The van der Waals surface area contributed by atoms with Crippen LogP contribution in [0.15, 0.2) is 12.3 Å². The molecule has 0 aliphatic carbocycles. The molecular formula is C12H19N3O3. The molecule has 1 aromatic rings. The zero-order chi connectivity index (χ0) is 13.0. The molecule has 0 N–H and O–H groups in total. The smallest absolute Gasteiger partial charge is 0.229 e. The summed E-state index contributed by atoms with van der Waals surface area (Å²) in [6, 6.07) is 1.98. The Labute approximate surface area is 107 Å². The van der Waals surface area contributed by atoms with E-state index in [1.165, 1.54) is 0 Å². The molecule has 0 bridgehead atoms. The summed E-state index contributed by atoms with van der Waals surface area (Å²) in [6.07, 6.45) is 2.82. The highest BCUT2D eigenvalue weighted by atomic mass is 16.5. The van der Waals surface area contributed by atoms with Crippen LogP contribution < -0.4 is 9.64 Å². The Bertz CT molecular complexity index is 389. The van der Waals surface area contributed by atoms with Crippen molar-refractivity contribution in [3.63, 3.8) is 0 Å². The highest BCUT2D eigenvalue weighted by molar-refractivity contribution is 5.36. The normalized spacial score (nSPS) is 23.4. The lowest BCUT2D eigenvalue weighted by atomic mass is 10.2. The molecule has 0 amide bonds. The van der Waals surface area contributed by atoms with Crippen LogP contribution in [0.25, 0.3) is 0 Å². The third-order valence-electron chi connectivity index (χ3n) is 3.15. The first-order chi connectivity index (χ1) is 8.78. The number of aromatic nitrogens is 2. The molecule has 0 spiro atoms. The second-order valence-electron chi connectivity index (χ2n) is 4.25. The monoisotopic (exact) mass is 253 g/mol. The Morgan fingerprint density at radius 2 is 2.22 bits per heavy atom. The molecule has 1 aliphatic rings. The maximum atomic E-state index is 5.41. The van der Waals surface area contributed by atoms with Gasteiger partial charge in [-0.05, 0) is 6.42 Å². The molecule has 1 fully saturated rings. The first-order valence-corrected chi connectivity index (χ1v) is 5.94. The van der Waals surface area contributed by atoms with E-state index < -0.39 is 0 Å². The molecule has 2 heterocycles. The van der Waals surface area contributed by atoms with Crippen LogP contribution >= 0.6 is 0 Å². The molecule has 6 nitrogen and oxygen atoms in total. The predicted octanol–water partition coefficient (Wildman–Crippen LogP) is 0.725. The van der Waals surface area contributed by atoms with Gasteiger partial charge in [-0.2, -0.15) is 4.98 Å². The van der Waals surface area contributed by atoms with E-state index in [0.29, 0.717) is 18.4 Å². The SMILES string of the molecule is COC[C@@H]1C[C@H](OC)CN1c1nccc(OC)n1. The molecule has 2 atom stereocenters. The van der Waals surface area contributed by atoms with E-state index in [0.717, 1.165) is 13.0 Å². The Morgan fingerprint density at radius 3 is 2.89 bits per heavy atom. The van der Waals surface area contributed by atoms with Gasteiger partial charge in [0.05, 0.1) is 25.9 Å². The Balaban J connectivity index is 2.18. The number of rotatable bonds is 5. The van der Waals surface area contributed by atoms with Crippen molar-refractivity contribution in [2.75, 3.05) is 39.4 Å². The molecule has 18 heavy (non-hydrogen) atoms. The Hall–Kier alpha value is -1.40. The fourth-order valence-corrected chi connectivity index (χ4v) is 2.22. The van der Waals surface area contributed by atoms with Gasteiger partial charge in [-0.25, -0.2) is 4.98 Å². The molecule has 1 aliphatic heterocycles. The average molecular weight is 253 g/mol. The third-order valence-corrected chi connectivity index (χ3v) is 3.15. The van der Waals surface area contributed by atoms with E-state index in [9.17, 15) is 0 Å². The zero-order valence-electron chi connectivity index (χ0n) is 11.0. The average Bonchev–Trinajstić information content (AvgIpc) is 2.82.